The van der Waals surface area contributed by atoms with E-state index in [4.69, 9.17) is 11.6 Å². The van der Waals surface area contributed by atoms with Crippen molar-refractivity contribution in [2.24, 2.45) is 0 Å². The number of amides is 3. The predicted molar refractivity (Wildman–Crippen MR) is 112 cm³/mol. The fraction of sp³-hybridized carbons (Fsp3) is 0.286. The predicted octanol–water partition coefficient (Wildman–Crippen LogP) is 1.85. The molecule has 0 aliphatic carbocycles. The Balaban J connectivity index is 1.36. The molecule has 0 aromatic heterocycles. The van der Waals surface area contributed by atoms with Gasteiger partial charge in [-0.2, -0.15) is 0 Å². The van der Waals surface area contributed by atoms with Gasteiger partial charge >= 0.3 is 11.8 Å². The summed E-state index contributed by atoms with van der Waals surface area (Å²) in [6, 6.07) is 15.8. The summed E-state index contributed by atoms with van der Waals surface area (Å²) in [5.74, 6) is -1.36. The van der Waals surface area contributed by atoms with Crippen molar-refractivity contribution in [2.75, 3.05) is 44.6 Å². The highest BCUT2D eigenvalue weighted by atomic mass is 35.5. The molecule has 1 aliphatic heterocycles. The summed E-state index contributed by atoms with van der Waals surface area (Å²) < 4.78 is 0. The molecule has 2 aromatic rings. The molecule has 1 saturated heterocycles. The molecule has 3 amide bonds. The van der Waals surface area contributed by atoms with E-state index in [1.54, 1.807) is 24.3 Å². The number of hydrogen-bond donors (Lipinski definition) is 2. The van der Waals surface area contributed by atoms with Crippen molar-refractivity contribution in [2.45, 2.75) is 0 Å². The van der Waals surface area contributed by atoms with Gasteiger partial charge < -0.3 is 15.5 Å². The normalized spacial score (nSPS) is 14.3. The zero-order valence-electron chi connectivity index (χ0n) is 15.9. The van der Waals surface area contributed by atoms with Gasteiger partial charge in [-0.25, -0.2) is 0 Å². The molecule has 29 heavy (non-hydrogen) atoms. The maximum Gasteiger partial charge on any atom is 0.313 e. The van der Waals surface area contributed by atoms with E-state index in [2.05, 4.69) is 15.5 Å². The molecule has 0 bridgehead atoms. The first-order valence-corrected chi connectivity index (χ1v) is 9.82. The molecule has 0 atom stereocenters. The molecule has 2 aromatic carbocycles. The van der Waals surface area contributed by atoms with Crippen LogP contribution in [0.2, 0.25) is 5.02 Å². The first kappa shape index (κ1) is 20.8. The highest BCUT2D eigenvalue weighted by molar-refractivity contribution is 6.39. The van der Waals surface area contributed by atoms with E-state index in [1.807, 2.05) is 35.2 Å². The second-order valence-electron chi connectivity index (χ2n) is 6.72. The minimum absolute atomic E-state index is 0.0393. The summed E-state index contributed by atoms with van der Waals surface area (Å²) in [6.07, 6.45) is 0. The Hall–Kier alpha value is -2.90. The summed E-state index contributed by atoms with van der Waals surface area (Å²) >= 11 is 5.79. The molecule has 1 heterocycles. The van der Waals surface area contributed by atoms with Gasteiger partial charge in [0.25, 0.3) is 5.91 Å². The zero-order chi connectivity index (χ0) is 20.6. The van der Waals surface area contributed by atoms with Crippen LogP contribution in [0.15, 0.2) is 54.6 Å². The molecule has 8 heteroatoms. The molecule has 1 aliphatic rings. The molecule has 2 N–H and O–H groups in total. The van der Waals surface area contributed by atoms with Crippen molar-refractivity contribution in [1.82, 2.24) is 15.1 Å². The summed E-state index contributed by atoms with van der Waals surface area (Å²) in [5.41, 5.74) is 1.20. The maximum absolute atomic E-state index is 12.5. The van der Waals surface area contributed by atoms with Crippen LogP contribution in [-0.2, 0) is 9.59 Å². The van der Waals surface area contributed by atoms with Gasteiger partial charge in [-0.15, -0.1) is 0 Å². The molecule has 0 unspecified atom stereocenters. The number of halogens is 1. The van der Waals surface area contributed by atoms with Gasteiger partial charge in [-0.1, -0.05) is 29.8 Å². The monoisotopic (exact) mass is 414 g/mol. The zero-order valence-corrected chi connectivity index (χ0v) is 16.7. The number of carbonyl (C=O) groups excluding carboxylic acids is 3. The number of anilines is 1. The molecule has 0 saturated carbocycles. The number of benzene rings is 2. The smallest absolute Gasteiger partial charge is 0.313 e. The van der Waals surface area contributed by atoms with Crippen LogP contribution in [0.1, 0.15) is 10.4 Å². The van der Waals surface area contributed by atoms with Crippen molar-refractivity contribution in [3.05, 3.63) is 65.2 Å². The van der Waals surface area contributed by atoms with Crippen molar-refractivity contribution in [3.63, 3.8) is 0 Å². The van der Waals surface area contributed by atoms with Crippen molar-refractivity contribution >= 4 is 35.0 Å². The van der Waals surface area contributed by atoms with Crippen molar-refractivity contribution in [1.29, 1.82) is 0 Å². The summed E-state index contributed by atoms with van der Waals surface area (Å²) in [7, 11) is 0. The van der Waals surface area contributed by atoms with Crippen LogP contribution < -0.4 is 10.6 Å². The molecule has 7 nitrogen and oxygen atoms in total. The van der Waals surface area contributed by atoms with Crippen LogP contribution in [0.3, 0.4) is 0 Å². The Labute approximate surface area is 174 Å². The SMILES string of the molecule is O=C(NCCN1CCN(C(=O)c2ccccc2)CC1)C(=O)Nc1ccc(Cl)cc1. The number of rotatable bonds is 5. The first-order chi connectivity index (χ1) is 14.0. The lowest BCUT2D eigenvalue weighted by Crippen LogP contribution is -2.50. The van der Waals surface area contributed by atoms with Gasteiger partial charge in [-0.05, 0) is 36.4 Å². The summed E-state index contributed by atoms with van der Waals surface area (Å²) in [5, 5.41) is 5.70. The molecule has 3 rings (SSSR count). The molecule has 152 valence electrons. The van der Waals surface area contributed by atoms with Crippen LogP contribution in [0.25, 0.3) is 0 Å². The highest BCUT2D eigenvalue weighted by Gasteiger charge is 2.22. The Morgan fingerprint density at radius 2 is 1.52 bits per heavy atom. The number of hydrogen-bond acceptors (Lipinski definition) is 4. The van der Waals surface area contributed by atoms with Gasteiger partial charge in [0.15, 0.2) is 0 Å². The van der Waals surface area contributed by atoms with Crippen LogP contribution >= 0.6 is 11.6 Å². The average Bonchev–Trinajstić information content (AvgIpc) is 2.76. The number of carbonyl (C=O) groups is 3. The topological polar surface area (TPSA) is 81.8 Å². The van der Waals surface area contributed by atoms with E-state index >= 15 is 0 Å². The fourth-order valence-corrected chi connectivity index (χ4v) is 3.19. The summed E-state index contributed by atoms with van der Waals surface area (Å²) in [4.78, 5) is 40.3. The van der Waals surface area contributed by atoms with E-state index in [1.165, 1.54) is 0 Å². The van der Waals surface area contributed by atoms with Crippen LogP contribution in [0.4, 0.5) is 5.69 Å². The lowest BCUT2D eigenvalue weighted by atomic mass is 10.2. The molecular weight excluding hydrogens is 392 g/mol. The Kier molecular flexibility index (Phi) is 7.21. The third-order valence-electron chi connectivity index (χ3n) is 4.70. The third-order valence-corrected chi connectivity index (χ3v) is 4.95. The van der Waals surface area contributed by atoms with E-state index in [9.17, 15) is 14.4 Å². The Morgan fingerprint density at radius 1 is 0.862 bits per heavy atom. The van der Waals surface area contributed by atoms with Crippen molar-refractivity contribution in [3.8, 4) is 0 Å². The van der Waals surface area contributed by atoms with E-state index < -0.39 is 11.8 Å². The average molecular weight is 415 g/mol. The van der Waals surface area contributed by atoms with E-state index in [-0.39, 0.29) is 5.91 Å². The van der Waals surface area contributed by atoms with Gasteiger partial charge in [0, 0.05) is 55.5 Å². The minimum atomic E-state index is -0.717. The maximum atomic E-state index is 12.5. The quantitative estimate of drug-likeness (QED) is 0.731. The molecule has 0 radical (unpaired) electrons. The van der Waals surface area contributed by atoms with Crippen LogP contribution in [0, 0.1) is 0 Å². The van der Waals surface area contributed by atoms with E-state index in [0.29, 0.717) is 42.5 Å². The molecular formula is C21H23ClN4O3. The molecule has 1 fully saturated rings. The standard InChI is InChI=1S/C21H23ClN4O3/c22-17-6-8-18(9-7-17)24-20(28)19(27)23-10-11-25-12-14-26(15-13-25)21(29)16-4-2-1-3-5-16/h1-9H,10-15H2,(H,23,27)(H,24,28). The lowest BCUT2D eigenvalue weighted by Gasteiger charge is -2.34. The van der Waals surface area contributed by atoms with E-state index in [0.717, 1.165) is 13.1 Å². The van der Waals surface area contributed by atoms with Gasteiger partial charge in [-0.3, -0.25) is 19.3 Å². The number of nitrogens with one attached hydrogen (secondary N) is 2. The number of nitrogens with zero attached hydrogens (tertiary/aromatic N) is 2. The highest BCUT2D eigenvalue weighted by Crippen LogP contribution is 2.13. The summed E-state index contributed by atoms with van der Waals surface area (Å²) in [6.45, 7) is 3.71. The Bertz CT molecular complexity index is 850. The Morgan fingerprint density at radius 3 is 2.17 bits per heavy atom. The van der Waals surface area contributed by atoms with Crippen LogP contribution in [0.5, 0.6) is 0 Å². The van der Waals surface area contributed by atoms with Gasteiger partial charge in [0.05, 0.1) is 0 Å². The van der Waals surface area contributed by atoms with Gasteiger partial charge in [0.1, 0.15) is 0 Å². The van der Waals surface area contributed by atoms with Crippen LogP contribution in [-0.4, -0.2) is 66.8 Å². The first-order valence-electron chi connectivity index (χ1n) is 9.44. The lowest BCUT2D eigenvalue weighted by molar-refractivity contribution is -0.136. The second-order valence-corrected chi connectivity index (χ2v) is 7.15. The fourth-order valence-electron chi connectivity index (χ4n) is 3.07. The van der Waals surface area contributed by atoms with Crippen molar-refractivity contribution < 1.29 is 14.4 Å². The van der Waals surface area contributed by atoms with Gasteiger partial charge in [0.2, 0.25) is 0 Å². The second kappa shape index (κ2) is 10.0. The third kappa shape index (κ3) is 6.04. The minimum Gasteiger partial charge on any atom is -0.347 e. The largest absolute Gasteiger partial charge is 0.347 e. The molecule has 0 spiro atoms. The number of piperazine rings is 1.